The molecule has 0 spiro atoms. The predicted molar refractivity (Wildman–Crippen MR) is 110 cm³/mol. The van der Waals surface area contributed by atoms with Crippen LogP contribution in [0.1, 0.15) is 53.6 Å². The molecule has 0 fully saturated rings. The highest BCUT2D eigenvalue weighted by atomic mass is 19.1. The molecule has 1 amide bonds. The summed E-state index contributed by atoms with van der Waals surface area (Å²) in [6, 6.07) is 6.63. The molecule has 2 aromatic rings. The number of carbonyl (C=O) groups excluding carboxylic acids is 1. The SMILES string of the molecule is C=C(N=C(/C=C\C)c1cc2c([nH]1)CCNC2=O)c1cc(C)ccc1F.CC. The van der Waals surface area contributed by atoms with Crippen LogP contribution in [0.15, 0.2) is 48.0 Å². The highest BCUT2D eigenvalue weighted by Gasteiger charge is 2.20. The Bertz CT molecular complexity index is 906. The van der Waals surface area contributed by atoms with E-state index in [-0.39, 0.29) is 11.7 Å². The molecular weight excluding hydrogens is 341 g/mol. The second-order valence-electron chi connectivity index (χ2n) is 6.01. The van der Waals surface area contributed by atoms with Gasteiger partial charge < -0.3 is 10.3 Å². The molecule has 3 rings (SSSR count). The number of nitrogens with one attached hydrogen (secondary N) is 2. The van der Waals surface area contributed by atoms with Gasteiger partial charge in [0.15, 0.2) is 0 Å². The monoisotopic (exact) mass is 367 g/mol. The van der Waals surface area contributed by atoms with E-state index in [0.29, 0.717) is 29.1 Å². The molecule has 1 aliphatic heterocycles. The Hall–Kier alpha value is -2.95. The van der Waals surface area contributed by atoms with Gasteiger partial charge in [0.05, 0.1) is 22.7 Å². The van der Waals surface area contributed by atoms with E-state index in [1.165, 1.54) is 6.07 Å². The lowest BCUT2D eigenvalue weighted by Gasteiger charge is -2.10. The first-order valence-electron chi connectivity index (χ1n) is 9.17. The van der Waals surface area contributed by atoms with E-state index in [1.54, 1.807) is 18.2 Å². The summed E-state index contributed by atoms with van der Waals surface area (Å²) in [5.74, 6) is -0.448. The predicted octanol–water partition coefficient (Wildman–Crippen LogP) is 4.81. The maximum absolute atomic E-state index is 14.1. The number of aromatic nitrogens is 1. The Morgan fingerprint density at radius 3 is 2.70 bits per heavy atom. The molecule has 27 heavy (non-hydrogen) atoms. The summed E-state index contributed by atoms with van der Waals surface area (Å²) in [6.45, 7) is 12.3. The number of aliphatic imine (C=N–C) groups is 1. The van der Waals surface area contributed by atoms with E-state index in [1.807, 2.05) is 39.8 Å². The van der Waals surface area contributed by atoms with Crippen molar-refractivity contribution in [3.05, 3.63) is 76.9 Å². The average Bonchev–Trinajstić information content (AvgIpc) is 3.10. The van der Waals surface area contributed by atoms with E-state index >= 15 is 0 Å². The van der Waals surface area contributed by atoms with E-state index in [4.69, 9.17) is 0 Å². The number of benzene rings is 1. The molecule has 0 saturated carbocycles. The zero-order chi connectivity index (χ0) is 20.0. The van der Waals surface area contributed by atoms with E-state index in [2.05, 4.69) is 21.9 Å². The van der Waals surface area contributed by atoms with Crippen LogP contribution in [-0.2, 0) is 6.42 Å². The Morgan fingerprint density at radius 1 is 1.30 bits per heavy atom. The molecule has 0 aliphatic carbocycles. The van der Waals surface area contributed by atoms with Crippen molar-refractivity contribution in [2.45, 2.75) is 34.1 Å². The van der Waals surface area contributed by atoms with Gasteiger partial charge >= 0.3 is 0 Å². The van der Waals surface area contributed by atoms with Gasteiger partial charge in [-0.3, -0.25) is 4.79 Å². The van der Waals surface area contributed by atoms with Crippen molar-refractivity contribution in [3.8, 4) is 0 Å². The van der Waals surface area contributed by atoms with Crippen molar-refractivity contribution >= 4 is 17.3 Å². The number of aryl methyl sites for hydroxylation is 1. The van der Waals surface area contributed by atoms with E-state index in [9.17, 15) is 9.18 Å². The second-order valence-corrected chi connectivity index (χ2v) is 6.01. The number of rotatable bonds is 4. The smallest absolute Gasteiger partial charge is 0.253 e. The van der Waals surface area contributed by atoms with Gasteiger partial charge in [-0.1, -0.05) is 38.1 Å². The number of amides is 1. The summed E-state index contributed by atoms with van der Waals surface area (Å²) < 4.78 is 14.1. The van der Waals surface area contributed by atoms with E-state index in [0.717, 1.165) is 23.4 Å². The van der Waals surface area contributed by atoms with Crippen LogP contribution in [-0.4, -0.2) is 23.1 Å². The maximum Gasteiger partial charge on any atom is 0.253 e. The van der Waals surface area contributed by atoms with Crippen molar-refractivity contribution < 1.29 is 9.18 Å². The normalized spacial score (nSPS) is 13.7. The highest BCUT2D eigenvalue weighted by molar-refractivity contribution is 6.11. The first-order valence-corrected chi connectivity index (χ1v) is 9.17. The molecule has 0 unspecified atom stereocenters. The van der Waals surface area contributed by atoms with Gasteiger partial charge in [0.1, 0.15) is 5.82 Å². The Balaban J connectivity index is 0.00000126. The molecule has 142 valence electrons. The third-order valence-corrected chi connectivity index (χ3v) is 4.09. The zero-order valence-corrected chi connectivity index (χ0v) is 16.3. The van der Waals surface area contributed by atoms with Crippen molar-refractivity contribution in [1.82, 2.24) is 10.3 Å². The number of hydrogen-bond donors (Lipinski definition) is 2. The molecule has 2 heterocycles. The number of H-pyrrole nitrogens is 1. The van der Waals surface area contributed by atoms with Crippen LogP contribution in [0.5, 0.6) is 0 Å². The molecule has 0 saturated heterocycles. The fourth-order valence-electron chi connectivity index (χ4n) is 2.84. The van der Waals surface area contributed by atoms with Crippen LogP contribution < -0.4 is 5.32 Å². The molecule has 4 nitrogen and oxygen atoms in total. The number of nitrogens with zero attached hydrogens (tertiary/aromatic N) is 1. The quantitative estimate of drug-likeness (QED) is 0.749. The van der Waals surface area contributed by atoms with Crippen molar-refractivity contribution in [1.29, 1.82) is 0 Å². The van der Waals surface area contributed by atoms with Crippen LogP contribution in [0.4, 0.5) is 4.39 Å². The van der Waals surface area contributed by atoms with Crippen molar-refractivity contribution in [2.24, 2.45) is 4.99 Å². The first-order chi connectivity index (χ1) is 13.0. The Labute approximate surface area is 159 Å². The number of aromatic amines is 1. The Kier molecular flexibility index (Phi) is 6.88. The number of hydrogen-bond acceptors (Lipinski definition) is 2. The van der Waals surface area contributed by atoms with Gasteiger partial charge in [0, 0.05) is 24.2 Å². The number of carbonyl (C=O) groups is 1. The van der Waals surface area contributed by atoms with Crippen molar-refractivity contribution in [2.75, 3.05) is 6.54 Å². The lowest BCUT2D eigenvalue weighted by Crippen LogP contribution is -2.31. The lowest BCUT2D eigenvalue weighted by atomic mass is 10.1. The van der Waals surface area contributed by atoms with Crippen LogP contribution in [0.3, 0.4) is 0 Å². The second kappa shape index (κ2) is 9.12. The summed E-state index contributed by atoms with van der Waals surface area (Å²) in [7, 11) is 0. The third-order valence-electron chi connectivity index (χ3n) is 4.09. The summed E-state index contributed by atoms with van der Waals surface area (Å²) >= 11 is 0. The van der Waals surface area contributed by atoms with Crippen molar-refractivity contribution in [3.63, 3.8) is 0 Å². The molecular formula is C22H26FN3O. The summed E-state index contributed by atoms with van der Waals surface area (Å²) in [4.78, 5) is 19.7. The van der Waals surface area contributed by atoms with Gasteiger partial charge in [0.2, 0.25) is 0 Å². The molecule has 0 bridgehead atoms. The molecule has 2 N–H and O–H groups in total. The van der Waals surface area contributed by atoms with Gasteiger partial charge in [-0.25, -0.2) is 9.38 Å². The average molecular weight is 367 g/mol. The largest absolute Gasteiger partial charge is 0.356 e. The Morgan fingerprint density at radius 2 is 2.04 bits per heavy atom. The molecule has 0 radical (unpaired) electrons. The van der Waals surface area contributed by atoms with Gasteiger partial charge in [-0.05, 0) is 38.1 Å². The molecule has 5 heteroatoms. The fraction of sp³-hybridized carbons (Fsp3) is 0.273. The lowest BCUT2D eigenvalue weighted by molar-refractivity contribution is 0.0946. The summed E-state index contributed by atoms with van der Waals surface area (Å²) in [5, 5.41) is 2.82. The minimum Gasteiger partial charge on any atom is -0.356 e. The van der Waals surface area contributed by atoms with Gasteiger partial charge in [-0.15, -0.1) is 0 Å². The molecule has 1 aliphatic rings. The first kappa shape index (κ1) is 20.4. The zero-order valence-electron chi connectivity index (χ0n) is 16.3. The summed E-state index contributed by atoms with van der Waals surface area (Å²) in [6.07, 6.45) is 4.41. The van der Waals surface area contributed by atoms with Crippen LogP contribution in [0.2, 0.25) is 0 Å². The van der Waals surface area contributed by atoms with E-state index < -0.39 is 0 Å². The molecule has 0 atom stereocenters. The number of halogens is 1. The maximum atomic E-state index is 14.1. The molecule has 1 aromatic carbocycles. The fourth-order valence-corrected chi connectivity index (χ4v) is 2.84. The van der Waals surface area contributed by atoms with Crippen LogP contribution in [0.25, 0.3) is 5.70 Å². The number of fused-ring (bicyclic) bond motifs is 1. The van der Waals surface area contributed by atoms with Crippen LogP contribution >= 0.6 is 0 Å². The number of allylic oxidation sites excluding steroid dienone is 2. The van der Waals surface area contributed by atoms with Gasteiger partial charge in [-0.2, -0.15) is 0 Å². The molecule has 1 aromatic heterocycles. The third kappa shape index (κ3) is 4.61. The minimum atomic E-state index is -0.357. The topological polar surface area (TPSA) is 57.2 Å². The standard InChI is InChI=1S/C20H20FN3O.C2H6/c1-4-5-18(19-11-15-17(24-19)8-9-22-20(15)25)23-13(3)14-10-12(2)6-7-16(14)21;1-2/h4-7,10-11,24H,3,8-9H2,1-2H3,(H,22,25);1-2H3/b5-4-,23-18?;. The van der Waals surface area contributed by atoms with Crippen LogP contribution in [0, 0.1) is 12.7 Å². The van der Waals surface area contributed by atoms with Gasteiger partial charge in [0.25, 0.3) is 5.91 Å². The minimum absolute atomic E-state index is 0.0906. The summed E-state index contributed by atoms with van der Waals surface area (Å²) in [5.41, 5.74) is 4.49. The highest BCUT2D eigenvalue weighted by Crippen LogP contribution is 2.22.